The summed E-state index contributed by atoms with van der Waals surface area (Å²) in [7, 11) is 0. The third kappa shape index (κ3) is 4.83. The average molecular weight is 328 g/mol. The Morgan fingerprint density at radius 3 is 2.74 bits per heavy atom. The van der Waals surface area contributed by atoms with Gasteiger partial charge in [-0.1, -0.05) is 23.4 Å². The van der Waals surface area contributed by atoms with E-state index in [2.05, 4.69) is 22.7 Å². The molecule has 3 nitrogen and oxygen atoms in total. The number of thiophene rings is 1. The molecular formula is C12H10ClN3S3. The molecule has 1 aromatic carbocycles. The standard InChI is InChI=1S/C12H10ClN3S3/c13-8-1-3-9(4-2-8)18-11-6-5-10(19-11)7-15-16-12(14)17/h1-7H,(H3,14,16,17)/b15-7-. The topological polar surface area (TPSA) is 50.4 Å². The highest BCUT2D eigenvalue weighted by Gasteiger charge is 2.01. The van der Waals surface area contributed by atoms with Crippen LogP contribution in [0.15, 0.2) is 50.6 Å². The van der Waals surface area contributed by atoms with Gasteiger partial charge in [-0.2, -0.15) is 5.10 Å². The van der Waals surface area contributed by atoms with Crippen molar-refractivity contribution >= 4 is 58.2 Å². The Morgan fingerprint density at radius 1 is 1.32 bits per heavy atom. The summed E-state index contributed by atoms with van der Waals surface area (Å²) in [6.07, 6.45) is 1.69. The van der Waals surface area contributed by atoms with Gasteiger partial charge in [0.15, 0.2) is 5.11 Å². The average Bonchev–Trinajstić information content (AvgIpc) is 2.79. The molecule has 0 unspecified atom stereocenters. The second-order valence-electron chi connectivity index (χ2n) is 3.45. The number of halogens is 1. The minimum atomic E-state index is 0.156. The van der Waals surface area contributed by atoms with Gasteiger partial charge in [-0.3, -0.25) is 5.43 Å². The lowest BCUT2D eigenvalue weighted by atomic mass is 10.4. The van der Waals surface area contributed by atoms with Crippen LogP contribution in [-0.2, 0) is 0 Å². The molecule has 0 spiro atoms. The predicted octanol–water partition coefficient (Wildman–Crippen LogP) is 3.72. The molecule has 1 aromatic heterocycles. The smallest absolute Gasteiger partial charge is 0.184 e. The molecule has 0 bridgehead atoms. The molecule has 0 saturated heterocycles. The van der Waals surface area contributed by atoms with Crippen LogP contribution >= 0.6 is 46.9 Å². The summed E-state index contributed by atoms with van der Waals surface area (Å²) in [4.78, 5) is 2.18. The molecule has 1 heterocycles. The summed E-state index contributed by atoms with van der Waals surface area (Å²) in [6, 6.07) is 11.8. The zero-order valence-corrected chi connectivity index (χ0v) is 12.9. The van der Waals surface area contributed by atoms with E-state index in [0.29, 0.717) is 0 Å². The molecular weight excluding hydrogens is 318 g/mol. The van der Waals surface area contributed by atoms with Crippen LogP contribution in [0.1, 0.15) is 4.88 Å². The fraction of sp³-hybridized carbons (Fsp3) is 0. The molecule has 0 aliphatic carbocycles. The van der Waals surface area contributed by atoms with Crippen LogP contribution in [0.2, 0.25) is 5.02 Å². The Balaban J connectivity index is 1.99. The van der Waals surface area contributed by atoms with E-state index >= 15 is 0 Å². The Kier molecular flexibility index (Phi) is 5.21. The van der Waals surface area contributed by atoms with E-state index in [1.165, 1.54) is 4.21 Å². The van der Waals surface area contributed by atoms with Crippen LogP contribution in [0.4, 0.5) is 0 Å². The first-order valence-electron chi connectivity index (χ1n) is 5.25. The van der Waals surface area contributed by atoms with Crippen molar-refractivity contribution < 1.29 is 0 Å². The van der Waals surface area contributed by atoms with Gasteiger partial charge in [0.1, 0.15) is 0 Å². The Labute approximate surface area is 129 Å². The lowest BCUT2D eigenvalue weighted by Crippen LogP contribution is -2.23. The van der Waals surface area contributed by atoms with Gasteiger partial charge in [0.25, 0.3) is 0 Å². The number of hydrogen-bond acceptors (Lipinski definition) is 4. The van der Waals surface area contributed by atoms with E-state index < -0.39 is 0 Å². The third-order valence-electron chi connectivity index (χ3n) is 2.00. The summed E-state index contributed by atoms with van der Waals surface area (Å²) in [5.41, 5.74) is 7.79. The number of hydrazone groups is 1. The molecule has 2 rings (SSSR count). The second kappa shape index (κ2) is 6.91. The van der Waals surface area contributed by atoms with Gasteiger partial charge in [-0.15, -0.1) is 11.3 Å². The molecule has 98 valence electrons. The highest BCUT2D eigenvalue weighted by Crippen LogP contribution is 2.33. The van der Waals surface area contributed by atoms with Crippen molar-refractivity contribution in [3.63, 3.8) is 0 Å². The number of hydrogen-bond donors (Lipinski definition) is 2. The van der Waals surface area contributed by atoms with Gasteiger partial charge in [0, 0.05) is 14.8 Å². The van der Waals surface area contributed by atoms with Crippen molar-refractivity contribution in [2.75, 3.05) is 0 Å². The third-order valence-corrected chi connectivity index (χ3v) is 4.50. The first kappa shape index (κ1) is 14.3. The zero-order chi connectivity index (χ0) is 13.7. The largest absolute Gasteiger partial charge is 0.375 e. The van der Waals surface area contributed by atoms with Gasteiger partial charge >= 0.3 is 0 Å². The summed E-state index contributed by atoms with van der Waals surface area (Å²) in [5, 5.41) is 4.81. The van der Waals surface area contributed by atoms with E-state index in [1.54, 1.807) is 29.3 Å². The van der Waals surface area contributed by atoms with Crippen molar-refractivity contribution in [3.05, 3.63) is 46.3 Å². The van der Waals surface area contributed by atoms with Gasteiger partial charge in [0.05, 0.1) is 10.4 Å². The number of thiocarbonyl (C=S) groups is 1. The minimum Gasteiger partial charge on any atom is -0.375 e. The molecule has 0 atom stereocenters. The lowest BCUT2D eigenvalue weighted by Gasteiger charge is -1.97. The summed E-state index contributed by atoms with van der Waals surface area (Å²) in [6.45, 7) is 0. The van der Waals surface area contributed by atoms with Gasteiger partial charge in [0.2, 0.25) is 0 Å². The Bertz CT molecular complexity index is 593. The number of nitrogens with one attached hydrogen (secondary N) is 1. The van der Waals surface area contributed by atoms with Crippen LogP contribution in [0, 0.1) is 0 Å². The molecule has 7 heteroatoms. The molecule has 2 aromatic rings. The fourth-order valence-electron chi connectivity index (χ4n) is 1.24. The van der Waals surface area contributed by atoms with Gasteiger partial charge in [-0.05, 0) is 48.6 Å². The predicted molar refractivity (Wildman–Crippen MR) is 87.4 cm³/mol. The highest BCUT2D eigenvalue weighted by molar-refractivity contribution is 8.01. The molecule has 0 amide bonds. The molecule has 0 saturated carbocycles. The van der Waals surface area contributed by atoms with Crippen molar-refractivity contribution in [1.82, 2.24) is 5.43 Å². The summed E-state index contributed by atoms with van der Waals surface area (Å²) >= 11 is 13.8. The maximum atomic E-state index is 5.85. The number of rotatable bonds is 4. The van der Waals surface area contributed by atoms with E-state index in [0.717, 1.165) is 14.8 Å². The van der Waals surface area contributed by atoms with Crippen molar-refractivity contribution in [3.8, 4) is 0 Å². The number of benzene rings is 1. The highest BCUT2D eigenvalue weighted by atomic mass is 35.5. The van der Waals surface area contributed by atoms with E-state index in [4.69, 9.17) is 17.3 Å². The molecule has 0 radical (unpaired) electrons. The van der Waals surface area contributed by atoms with Crippen LogP contribution in [0.5, 0.6) is 0 Å². The van der Waals surface area contributed by atoms with Crippen molar-refractivity contribution in [1.29, 1.82) is 0 Å². The van der Waals surface area contributed by atoms with Gasteiger partial charge in [-0.25, -0.2) is 0 Å². The van der Waals surface area contributed by atoms with Crippen LogP contribution in [-0.4, -0.2) is 11.3 Å². The van der Waals surface area contributed by atoms with E-state index in [9.17, 15) is 0 Å². The summed E-state index contributed by atoms with van der Waals surface area (Å²) in [5.74, 6) is 0. The number of nitrogens with two attached hydrogens (primary N) is 1. The van der Waals surface area contributed by atoms with Crippen LogP contribution in [0.3, 0.4) is 0 Å². The molecule has 19 heavy (non-hydrogen) atoms. The summed E-state index contributed by atoms with van der Waals surface area (Å²) < 4.78 is 1.18. The van der Waals surface area contributed by atoms with Crippen molar-refractivity contribution in [2.24, 2.45) is 10.8 Å². The lowest BCUT2D eigenvalue weighted by molar-refractivity contribution is 1.04. The maximum Gasteiger partial charge on any atom is 0.184 e. The van der Waals surface area contributed by atoms with Crippen LogP contribution in [0.25, 0.3) is 0 Å². The monoisotopic (exact) mass is 327 g/mol. The second-order valence-corrected chi connectivity index (χ2v) is 6.81. The fourth-order valence-corrected chi connectivity index (χ4v) is 3.41. The Hall–Kier alpha value is -1.08. The minimum absolute atomic E-state index is 0.156. The van der Waals surface area contributed by atoms with E-state index in [-0.39, 0.29) is 5.11 Å². The maximum absolute atomic E-state index is 5.85. The van der Waals surface area contributed by atoms with Crippen molar-refractivity contribution in [2.45, 2.75) is 9.10 Å². The molecule has 0 aliphatic heterocycles. The first-order chi connectivity index (χ1) is 9.13. The number of nitrogens with zero attached hydrogens (tertiary/aromatic N) is 1. The van der Waals surface area contributed by atoms with E-state index in [1.807, 2.05) is 36.4 Å². The quantitative estimate of drug-likeness (QED) is 0.510. The SMILES string of the molecule is NC(=S)N/N=C\c1ccc(Sc2ccc(Cl)cc2)s1. The molecule has 0 aliphatic rings. The Morgan fingerprint density at radius 2 is 2.05 bits per heavy atom. The zero-order valence-electron chi connectivity index (χ0n) is 9.67. The molecule has 3 N–H and O–H groups in total. The van der Waals surface area contributed by atoms with Crippen LogP contribution < -0.4 is 11.2 Å². The van der Waals surface area contributed by atoms with Gasteiger partial charge < -0.3 is 5.73 Å². The molecule has 0 fully saturated rings. The first-order valence-corrected chi connectivity index (χ1v) is 7.67. The normalized spacial score (nSPS) is 10.8.